The molecule has 0 bridgehead atoms. The molecule has 4 heterocycles. The van der Waals surface area contributed by atoms with Crippen LogP contribution in [0.25, 0.3) is 0 Å². The van der Waals surface area contributed by atoms with E-state index in [9.17, 15) is 13.2 Å². The van der Waals surface area contributed by atoms with Crippen molar-refractivity contribution in [1.29, 1.82) is 0 Å². The Kier molecular flexibility index (Phi) is 6.64. The van der Waals surface area contributed by atoms with Crippen molar-refractivity contribution in [1.82, 2.24) is 19.6 Å². The van der Waals surface area contributed by atoms with Crippen molar-refractivity contribution < 1.29 is 13.2 Å². The van der Waals surface area contributed by atoms with Gasteiger partial charge in [-0.05, 0) is 43.9 Å². The number of hydrogen-bond acceptors (Lipinski definition) is 7. The van der Waals surface area contributed by atoms with Crippen molar-refractivity contribution in [3.63, 3.8) is 0 Å². The molecule has 0 saturated carbocycles. The highest BCUT2D eigenvalue weighted by Crippen LogP contribution is 2.27. The largest absolute Gasteiger partial charge is 0.351 e. The number of carbonyl (C=O) groups is 1. The summed E-state index contributed by atoms with van der Waals surface area (Å²) in [7, 11) is -3.44. The molecule has 0 aromatic carbocycles. The monoisotopic (exact) mass is 449 g/mol. The Morgan fingerprint density at radius 2 is 1.87 bits per heavy atom. The van der Waals surface area contributed by atoms with Gasteiger partial charge < -0.3 is 10.2 Å². The van der Waals surface area contributed by atoms with Gasteiger partial charge in [-0.1, -0.05) is 6.42 Å². The lowest BCUT2D eigenvalue weighted by Gasteiger charge is -2.33. The van der Waals surface area contributed by atoms with Crippen molar-refractivity contribution in [2.45, 2.75) is 48.8 Å². The Morgan fingerprint density at radius 1 is 1.10 bits per heavy atom. The minimum atomic E-state index is -3.44. The normalized spacial score (nSPS) is 20.8. The van der Waals surface area contributed by atoms with Gasteiger partial charge in [0.15, 0.2) is 0 Å². The first-order chi connectivity index (χ1) is 14.5. The first-order valence-corrected chi connectivity index (χ1v) is 12.7. The topological polar surface area (TPSA) is 95.5 Å². The molecule has 30 heavy (non-hydrogen) atoms. The number of nitrogens with zero attached hydrogens (tertiary/aromatic N) is 4. The first-order valence-electron chi connectivity index (χ1n) is 10.4. The molecule has 1 unspecified atom stereocenters. The molecule has 1 N–H and O–H groups in total. The number of nitrogens with one attached hydrogen (secondary N) is 1. The zero-order valence-electron chi connectivity index (χ0n) is 16.9. The summed E-state index contributed by atoms with van der Waals surface area (Å²) in [6.45, 7) is 2.71. The fourth-order valence-corrected chi connectivity index (χ4v) is 7.02. The van der Waals surface area contributed by atoms with E-state index in [0.717, 1.165) is 43.5 Å². The van der Waals surface area contributed by atoms with Crippen LogP contribution in [0.3, 0.4) is 0 Å². The van der Waals surface area contributed by atoms with E-state index in [4.69, 9.17) is 0 Å². The van der Waals surface area contributed by atoms with Crippen LogP contribution in [0.5, 0.6) is 0 Å². The molecular weight excluding hydrogens is 422 g/mol. The van der Waals surface area contributed by atoms with E-state index in [-0.39, 0.29) is 18.4 Å². The second kappa shape index (κ2) is 9.40. The SMILES string of the molecule is O=C(Cc1ccc(S(=O)(=O)N2CCCCC2)s1)NC1CCCN(c2ncccn2)C1. The lowest BCUT2D eigenvalue weighted by molar-refractivity contribution is -0.121. The van der Waals surface area contributed by atoms with Crippen molar-refractivity contribution in [2.75, 3.05) is 31.1 Å². The van der Waals surface area contributed by atoms with E-state index >= 15 is 0 Å². The fraction of sp³-hybridized carbons (Fsp3) is 0.550. The van der Waals surface area contributed by atoms with Crippen LogP contribution >= 0.6 is 11.3 Å². The zero-order valence-corrected chi connectivity index (χ0v) is 18.5. The molecule has 0 spiro atoms. The third-order valence-corrected chi connectivity index (χ3v) is 8.95. The molecule has 162 valence electrons. The third-order valence-electron chi connectivity index (χ3n) is 5.50. The van der Waals surface area contributed by atoms with Gasteiger partial charge in [-0.25, -0.2) is 18.4 Å². The van der Waals surface area contributed by atoms with Gasteiger partial charge in [0, 0.05) is 49.5 Å². The van der Waals surface area contributed by atoms with Crippen molar-refractivity contribution in [2.24, 2.45) is 0 Å². The summed E-state index contributed by atoms with van der Waals surface area (Å²) in [6.07, 6.45) is 8.40. The van der Waals surface area contributed by atoms with Gasteiger partial charge >= 0.3 is 0 Å². The molecule has 0 aliphatic carbocycles. The van der Waals surface area contributed by atoms with Gasteiger partial charge in [0.25, 0.3) is 10.0 Å². The van der Waals surface area contributed by atoms with Crippen molar-refractivity contribution >= 4 is 33.2 Å². The van der Waals surface area contributed by atoms with Crippen LogP contribution in [0.15, 0.2) is 34.8 Å². The van der Waals surface area contributed by atoms with Gasteiger partial charge in [0.1, 0.15) is 4.21 Å². The lowest BCUT2D eigenvalue weighted by atomic mass is 10.1. The van der Waals surface area contributed by atoms with E-state index in [2.05, 4.69) is 20.2 Å². The van der Waals surface area contributed by atoms with E-state index < -0.39 is 10.0 Å². The minimum Gasteiger partial charge on any atom is -0.351 e. The Balaban J connectivity index is 1.33. The highest BCUT2D eigenvalue weighted by molar-refractivity contribution is 7.91. The summed E-state index contributed by atoms with van der Waals surface area (Å²) in [5.74, 6) is 0.599. The maximum Gasteiger partial charge on any atom is 0.252 e. The fourth-order valence-electron chi connectivity index (χ4n) is 3.99. The number of sulfonamides is 1. The zero-order chi connectivity index (χ0) is 21.0. The maximum absolute atomic E-state index is 12.8. The second-order valence-electron chi connectivity index (χ2n) is 7.76. The van der Waals surface area contributed by atoms with Crippen LogP contribution in [-0.4, -0.2) is 60.8 Å². The Morgan fingerprint density at radius 3 is 2.63 bits per heavy atom. The van der Waals surface area contributed by atoms with Crippen LogP contribution in [-0.2, 0) is 21.2 Å². The predicted molar refractivity (Wildman–Crippen MR) is 116 cm³/mol. The molecule has 2 saturated heterocycles. The minimum absolute atomic E-state index is 0.0339. The summed E-state index contributed by atoms with van der Waals surface area (Å²) in [5.41, 5.74) is 0. The van der Waals surface area contributed by atoms with E-state index in [1.807, 2.05) is 0 Å². The number of anilines is 1. The molecule has 2 fully saturated rings. The average molecular weight is 450 g/mol. The summed E-state index contributed by atoms with van der Waals surface area (Å²) in [5, 5.41) is 3.09. The molecule has 0 radical (unpaired) electrons. The maximum atomic E-state index is 12.8. The van der Waals surface area contributed by atoms with Crippen LogP contribution in [0.4, 0.5) is 5.95 Å². The number of thiophene rings is 1. The lowest BCUT2D eigenvalue weighted by Crippen LogP contribution is -2.48. The number of piperidine rings is 2. The van der Waals surface area contributed by atoms with Crippen LogP contribution < -0.4 is 10.2 Å². The standard InChI is InChI=1S/C20H27N5O3S2/c26-18(23-16-6-4-11-24(15-16)20-21-9-5-10-22-20)14-17-7-8-19(29-17)30(27,28)25-12-2-1-3-13-25/h5,7-10,16H,1-4,6,11-15H2,(H,23,26). The summed E-state index contributed by atoms with van der Waals surface area (Å²) >= 11 is 1.20. The molecule has 2 aromatic heterocycles. The third kappa shape index (κ3) is 4.98. The summed E-state index contributed by atoms with van der Waals surface area (Å²) < 4.78 is 27.5. The van der Waals surface area contributed by atoms with Gasteiger partial charge in [0.05, 0.1) is 6.42 Å². The highest BCUT2D eigenvalue weighted by Gasteiger charge is 2.28. The predicted octanol–water partition coefficient (Wildman–Crippen LogP) is 2.04. The van der Waals surface area contributed by atoms with Crippen LogP contribution in [0, 0.1) is 0 Å². The van der Waals surface area contributed by atoms with Gasteiger partial charge in [0.2, 0.25) is 11.9 Å². The molecule has 4 rings (SSSR count). The van der Waals surface area contributed by atoms with Gasteiger partial charge in [-0.15, -0.1) is 11.3 Å². The summed E-state index contributed by atoms with van der Waals surface area (Å²) in [4.78, 5) is 24.0. The number of hydrogen-bond donors (Lipinski definition) is 1. The van der Waals surface area contributed by atoms with Crippen LogP contribution in [0.1, 0.15) is 37.0 Å². The number of rotatable bonds is 6. The molecule has 2 aliphatic heterocycles. The molecule has 10 heteroatoms. The molecular formula is C20H27N5O3S2. The Hall–Kier alpha value is -2.04. The highest BCUT2D eigenvalue weighted by atomic mass is 32.2. The Labute approximate surface area is 181 Å². The van der Waals surface area contributed by atoms with E-state index in [1.54, 1.807) is 34.9 Å². The number of amides is 1. The second-order valence-corrected chi connectivity index (χ2v) is 11.1. The van der Waals surface area contributed by atoms with Gasteiger partial charge in [-0.3, -0.25) is 4.79 Å². The summed E-state index contributed by atoms with van der Waals surface area (Å²) in [6, 6.07) is 5.21. The van der Waals surface area contributed by atoms with Gasteiger partial charge in [-0.2, -0.15) is 4.31 Å². The van der Waals surface area contributed by atoms with Crippen molar-refractivity contribution in [3.05, 3.63) is 35.5 Å². The molecule has 8 nitrogen and oxygen atoms in total. The Bertz CT molecular complexity index is 958. The molecule has 1 atom stereocenters. The van der Waals surface area contributed by atoms with E-state index in [1.165, 1.54) is 11.3 Å². The van der Waals surface area contributed by atoms with E-state index in [0.29, 0.717) is 29.8 Å². The smallest absolute Gasteiger partial charge is 0.252 e. The first kappa shape index (κ1) is 21.2. The molecule has 2 aromatic rings. The molecule has 1 amide bonds. The van der Waals surface area contributed by atoms with Crippen LogP contribution in [0.2, 0.25) is 0 Å². The quantitative estimate of drug-likeness (QED) is 0.725. The number of carbonyl (C=O) groups excluding carboxylic acids is 1. The molecule has 2 aliphatic rings. The van der Waals surface area contributed by atoms with Crippen molar-refractivity contribution in [3.8, 4) is 0 Å². The average Bonchev–Trinajstić information content (AvgIpc) is 3.24. The number of aromatic nitrogens is 2.